The van der Waals surface area contributed by atoms with Crippen molar-refractivity contribution >= 4 is 19.8 Å². The first-order valence-electron chi connectivity index (χ1n) is 23.4. The summed E-state index contributed by atoms with van der Waals surface area (Å²) in [5, 5.41) is 0. The third kappa shape index (κ3) is 18.2. The summed E-state index contributed by atoms with van der Waals surface area (Å²) in [4.78, 5) is 38.1. The fourth-order valence-electron chi connectivity index (χ4n) is 7.19. The number of phosphoric acid groups is 1. The van der Waals surface area contributed by atoms with Crippen LogP contribution < -0.4 is 14.4 Å². The Hall–Kier alpha value is -6.07. The SMILES string of the molecule is C[N+](C)(C)CCOP(=O)([O-])OC[C@@H](COC(=O)CCCCCOc1ccc(-c2ccc(-c3ccccc3)cc2)cc1)OC(=O)CCCCCOc1ccc(-c2ccc(-c3ccccc3)cc2)cc1. The average molecular weight is 942 g/mol. The smallest absolute Gasteiger partial charge is 0.306 e. The number of carbonyl (C=O) groups is 2. The van der Waals surface area contributed by atoms with Crippen molar-refractivity contribution in [3.63, 3.8) is 0 Å². The van der Waals surface area contributed by atoms with Gasteiger partial charge < -0.3 is 37.4 Å². The minimum atomic E-state index is -4.71. The number of ether oxygens (including phenoxy) is 4. The summed E-state index contributed by atoms with van der Waals surface area (Å²) >= 11 is 0. The fraction of sp³-hybridized carbons (Fsp3) is 0.321. The van der Waals surface area contributed by atoms with E-state index in [4.69, 9.17) is 28.0 Å². The van der Waals surface area contributed by atoms with E-state index < -0.39 is 32.5 Å². The van der Waals surface area contributed by atoms with Gasteiger partial charge in [0.2, 0.25) is 0 Å². The molecule has 0 spiro atoms. The number of unbranched alkanes of at least 4 members (excludes halogenated alkanes) is 4. The van der Waals surface area contributed by atoms with E-state index >= 15 is 0 Å². The molecule has 0 N–H and O–H groups in total. The lowest BCUT2D eigenvalue weighted by Gasteiger charge is -2.28. The monoisotopic (exact) mass is 941 g/mol. The van der Waals surface area contributed by atoms with E-state index in [0.717, 1.165) is 53.0 Å². The number of carbonyl (C=O) groups excluding carboxylic acids is 2. The first-order chi connectivity index (χ1) is 32.9. The third-order valence-corrected chi connectivity index (χ3v) is 12.1. The second-order valence-electron chi connectivity index (χ2n) is 17.6. The number of rotatable bonds is 28. The summed E-state index contributed by atoms with van der Waals surface area (Å²) in [5.74, 6) is 0.488. The highest BCUT2D eigenvalue weighted by Gasteiger charge is 2.22. The topological polar surface area (TPSA) is 130 Å². The largest absolute Gasteiger partial charge is 0.756 e. The lowest BCUT2D eigenvalue weighted by atomic mass is 10.0. The fourth-order valence-corrected chi connectivity index (χ4v) is 7.92. The van der Waals surface area contributed by atoms with E-state index in [1.807, 2.05) is 106 Å². The number of quaternary nitrogens is 1. The zero-order valence-corrected chi connectivity index (χ0v) is 40.4. The van der Waals surface area contributed by atoms with Crippen LogP contribution in [0.25, 0.3) is 44.5 Å². The Morgan fingerprint density at radius 2 is 0.853 bits per heavy atom. The maximum absolute atomic E-state index is 12.9. The van der Waals surface area contributed by atoms with Gasteiger partial charge in [0.15, 0.2) is 6.10 Å². The minimum absolute atomic E-state index is 0.0785. The van der Waals surface area contributed by atoms with Crippen molar-refractivity contribution in [3.8, 4) is 56.0 Å². The lowest BCUT2D eigenvalue weighted by Crippen LogP contribution is -2.37. The Labute approximate surface area is 401 Å². The summed E-state index contributed by atoms with van der Waals surface area (Å²) in [6.45, 7) is 0.421. The normalized spacial score (nSPS) is 12.7. The van der Waals surface area contributed by atoms with Crippen molar-refractivity contribution in [1.82, 2.24) is 0 Å². The Balaban J connectivity index is 0.865. The Kier molecular flexibility index (Phi) is 20.0. The van der Waals surface area contributed by atoms with Gasteiger partial charge in [-0.2, -0.15) is 0 Å². The van der Waals surface area contributed by atoms with Crippen LogP contribution in [0.5, 0.6) is 11.5 Å². The third-order valence-electron chi connectivity index (χ3n) is 11.1. The zero-order valence-electron chi connectivity index (χ0n) is 39.5. The van der Waals surface area contributed by atoms with Gasteiger partial charge in [0.25, 0.3) is 7.82 Å². The predicted molar refractivity (Wildman–Crippen MR) is 266 cm³/mol. The molecule has 0 fully saturated rings. The number of nitrogens with zero attached hydrogens (tertiary/aromatic N) is 1. The summed E-state index contributed by atoms with van der Waals surface area (Å²) in [5.41, 5.74) is 9.14. The maximum Gasteiger partial charge on any atom is 0.306 e. The molecule has 358 valence electrons. The van der Waals surface area contributed by atoms with E-state index in [9.17, 15) is 19.0 Å². The van der Waals surface area contributed by atoms with Gasteiger partial charge in [-0.3, -0.25) is 14.2 Å². The van der Waals surface area contributed by atoms with Crippen LogP contribution in [0.3, 0.4) is 0 Å². The minimum Gasteiger partial charge on any atom is -0.756 e. The molecular weight excluding hydrogens is 878 g/mol. The van der Waals surface area contributed by atoms with Crippen LogP contribution in [0, 0.1) is 0 Å². The number of benzene rings is 6. The molecule has 0 saturated heterocycles. The van der Waals surface area contributed by atoms with Gasteiger partial charge >= 0.3 is 11.9 Å². The molecule has 1 unspecified atom stereocenters. The van der Waals surface area contributed by atoms with Crippen LogP contribution in [0.1, 0.15) is 51.4 Å². The van der Waals surface area contributed by atoms with E-state index in [2.05, 4.69) is 72.8 Å². The molecule has 0 aliphatic rings. The Morgan fingerprint density at radius 1 is 0.471 bits per heavy atom. The van der Waals surface area contributed by atoms with Crippen LogP contribution >= 0.6 is 7.82 Å². The quantitative estimate of drug-likeness (QED) is 0.0203. The van der Waals surface area contributed by atoms with Crippen molar-refractivity contribution in [2.45, 2.75) is 57.5 Å². The molecule has 0 bridgehead atoms. The van der Waals surface area contributed by atoms with Crippen molar-refractivity contribution in [3.05, 3.63) is 158 Å². The van der Waals surface area contributed by atoms with Gasteiger partial charge in [-0.05, 0) is 107 Å². The van der Waals surface area contributed by atoms with Gasteiger partial charge in [-0.15, -0.1) is 0 Å². The number of hydrogen-bond acceptors (Lipinski definition) is 10. The second kappa shape index (κ2) is 26.5. The number of likely N-dealkylation sites (N-methyl/N-ethyl adjacent to an activating group) is 1. The van der Waals surface area contributed by atoms with Crippen molar-refractivity contribution in [1.29, 1.82) is 0 Å². The van der Waals surface area contributed by atoms with Crippen LogP contribution in [0.2, 0.25) is 0 Å². The molecule has 6 rings (SSSR count). The van der Waals surface area contributed by atoms with Gasteiger partial charge in [0, 0.05) is 12.8 Å². The van der Waals surface area contributed by atoms with E-state index in [-0.39, 0.29) is 26.1 Å². The molecule has 0 saturated carbocycles. The predicted octanol–water partition coefficient (Wildman–Crippen LogP) is 11.6. The van der Waals surface area contributed by atoms with Crippen molar-refractivity contribution in [2.24, 2.45) is 0 Å². The number of phosphoric ester groups is 1. The van der Waals surface area contributed by atoms with Gasteiger partial charge in [0.05, 0.1) is 41.0 Å². The average Bonchev–Trinajstić information content (AvgIpc) is 3.35. The summed E-state index contributed by atoms with van der Waals surface area (Å²) < 4.78 is 46.0. The number of hydrogen-bond donors (Lipinski definition) is 0. The molecular formula is C56H64NO10P. The van der Waals surface area contributed by atoms with Gasteiger partial charge in [0.1, 0.15) is 31.3 Å². The molecule has 0 aliphatic carbocycles. The van der Waals surface area contributed by atoms with Crippen molar-refractivity contribution in [2.75, 3.05) is 60.7 Å². The summed E-state index contributed by atoms with van der Waals surface area (Å²) in [6.07, 6.45) is 3.07. The Morgan fingerprint density at radius 3 is 1.26 bits per heavy atom. The van der Waals surface area contributed by atoms with Crippen LogP contribution in [-0.2, 0) is 32.7 Å². The standard InChI is InChI=1S/C56H64NO10P/c1-57(2,3)38-41-65-68(60,61)66-43-54(67-56(59)21-13-7-15-40-63-53-36-32-51(33-37-53)49-28-24-47(25-29-49)45-18-10-5-11-19-45)42-64-55(58)20-12-6-14-39-62-52-34-30-50(31-35-52)48-26-22-46(23-27-48)44-16-8-4-9-17-44/h4-5,8-11,16-19,22-37,54H,6-7,12-15,20-21,38-43H2,1-3H3/t54-/m1/s1. The first kappa shape index (κ1) is 51.3. The molecule has 2 atom stereocenters. The molecule has 0 radical (unpaired) electrons. The van der Waals surface area contributed by atoms with Crippen LogP contribution in [0.15, 0.2) is 158 Å². The molecule has 0 heterocycles. The summed E-state index contributed by atoms with van der Waals surface area (Å²) in [6, 6.07) is 53.5. The van der Waals surface area contributed by atoms with Gasteiger partial charge in [-0.25, -0.2) is 0 Å². The van der Waals surface area contributed by atoms with Gasteiger partial charge in [-0.1, -0.05) is 133 Å². The highest BCUT2D eigenvalue weighted by Crippen LogP contribution is 2.38. The first-order valence-corrected chi connectivity index (χ1v) is 24.9. The highest BCUT2D eigenvalue weighted by atomic mass is 31.2. The molecule has 0 aromatic heterocycles. The second-order valence-corrected chi connectivity index (χ2v) is 19.0. The molecule has 6 aromatic carbocycles. The molecule has 68 heavy (non-hydrogen) atoms. The van der Waals surface area contributed by atoms with E-state index in [1.54, 1.807) is 0 Å². The van der Waals surface area contributed by atoms with E-state index in [1.165, 1.54) is 22.3 Å². The van der Waals surface area contributed by atoms with Crippen molar-refractivity contribution < 1.29 is 51.5 Å². The lowest BCUT2D eigenvalue weighted by molar-refractivity contribution is -0.870. The molecule has 12 heteroatoms. The summed E-state index contributed by atoms with van der Waals surface area (Å²) in [7, 11) is 1.01. The zero-order chi connectivity index (χ0) is 48.0. The maximum atomic E-state index is 12.9. The van der Waals surface area contributed by atoms with Crippen LogP contribution in [-0.4, -0.2) is 83.2 Å². The molecule has 6 aromatic rings. The Bertz CT molecular complexity index is 2460. The number of esters is 2. The highest BCUT2D eigenvalue weighted by molar-refractivity contribution is 7.45. The molecule has 0 aliphatic heterocycles. The van der Waals surface area contributed by atoms with E-state index in [0.29, 0.717) is 43.5 Å². The van der Waals surface area contributed by atoms with Crippen LogP contribution in [0.4, 0.5) is 0 Å². The molecule has 0 amide bonds. The molecule has 11 nitrogen and oxygen atoms in total.